The molecule has 0 bridgehead atoms. The van der Waals surface area contributed by atoms with Gasteiger partial charge in [-0.2, -0.15) is 26.3 Å². The average Bonchev–Trinajstić information content (AvgIpc) is 2.42. The first-order valence-electron chi connectivity index (χ1n) is 6.67. The van der Waals surface area contributed by atoms with Crippen LogP contribution in [0.1, 0.15) is 22.3 Å². The predicted molar refractivity (Wildman–Crippen MR) is 84.1 cm³/mol. The average molecular weight is 382 g/mol. The molecule has 0 spiro atoms. The second-order valence-corrected chi connectivity index (χ2v) is 7.51. The molecule has 8 heteroatoms. The highest BCUT2D eigenvalue weighted by Gasteiger charge is 2.36. The minimum atomic E-state index is -4.83. The van der Waals surface area contributed by atoms with E-state index >= 15 is 0 Å². The molecule has 0 saturated carbocycles. The molecule has 0 amide bonds. The van der Waals surface area contributed by atoms with Crippen molar-refractivity contribution in [1.82, 2.24) is 0 Å². The molecule has 24 heavy (non-hydrogen) atoms. The first kappa shape index (κ1) is 19.1. The van der Waals surface area contributed by atoms with Crippen LogP contribution in [-0.2, 0) is 12.4 Å². The minimum Gasteiger partial charge on any atom is -0.166 e. The topological polar surface area (TPSA) is 0 Å². The van der Waals surface area contributed by atoms with E-state index in [0.717, 1.165) is 49.7 Å². The summed E-state index contributed by atoms with van der Waals surface area (Å²) in [4.78, 5) is 0.671. The van der Waals surface area contributed by atoms with Gasteiger partial charge in [0.15, 0.2) is 0 Å². The quantitative estimate of drug-likeness (QED) is 0.409. The third-order valence-electron chi connectivity index (χ3n) is 2.99. The van der Waals surface area contributed by atoms with Crippen molar-refractivity contribution >= 4 is 21.6 Å². The Morgan fingerprint density at radius 1 is 0.583 bits per heavy atom. The maximum Gasteiger partial charge on any atom is 0.416 e. The van der Waals surface area contributed by atoms with Crippen LogP contribution < -0.4 is 0 Å². The Morgan fingerprint density at radius 2 is 0.958 bits per heavy atom. The van der Waals surface area contributed by atoms with Gasteiger partial charge in [-0.1, -0.05) is 27.7 Å². The number of alkyl halides is 6. The molecule has 0 atom stereocenters. The van der Waals surface area contributed by atoms with Gasteiger partial charge in [0.2, 0.25) is 0 Å². The summed E-state index contributed by atoms with van der Waals surface area (Å²) in [6.07, 6.45) is -9.66. The summed E-state index contributed by atoms with van der Waals surface area (Å²) >= 11 is 0. The van der Waals surface area contributed by atoms with Crippen LogP contribution in [0.5, 0.6) is 0 Å². The minimum absolute atomic E-state index is 0.0960. The number of benzene rings is 2. The van der Waals surface area contributed by atoms with Gasteiger partial charge in [0.05, 0.1) is 11.1 Å². The molecule has 0 radical (unpaired) electrons. The normalized spacial score (nSPS) is 12.5. The number of aryl methyl sites for hydroxylation is 2. The molecule has 0 aliphatic rings. The highest BCUT2D eigenvalue weighted by Crippen LogP contribution is 2.43. The third-order valence-corrected chi connectivity index (χ3v) is 5.33. The van der Waals surface area contributed by atoms with Gasteiger partial charge in [-0.15, -0.1) is 0 Å². The van der Waals surface area contributed by atoms with Crippen LogP contribution in [0, 0.1) is 13.8 Å². The summed E-state index contributed by atoms with van der Waals surface area (Å²) in [6, 6.07) is 7.17. The van der Waals surface area contributed by atoms with E-state index in [1.54, 1.807) is 0 Å². The lowest BCUT2D eigenvalue weighted by Gasteiger charge is -2.13. The van der Waals surface area contributed by atoms with Gasteiger partial charge in [0.25, 0.3) is 0 Å². The molecule has 0 N–H and O–H groups in total. The zero-order chi connectivity index (χ0) is 18.1. The first-order valence-corrected chi connectivity index (χ1v) is 8.82. The van der Waals surface area contributed by atoms with Crippen molar-refractivity contribution in [3.05, 3.63) is 58.7 Å². The number of halogens is 6. The second kappa shape index (κ2) is 6.92. The lowest BCUT2D eigenvalue weighted by molar-refractivity contribution is -0.143. The predicted octanol–water partition coefficient (Wildman–Crippen LogP) is 7.14. The standard InChI is InChI=1S/C16H12F6S2/c1-9-3-10(2)5-13(4-9)23-24-14-7-11(15(17,18)19)6-12(8-14)16(20,21)22/h3-8H,1-2H3. The van der Waals surface area contributed by atoms with Gasteiger partial charge in [-0.3, -0.25) is 0 Å². The number of hydrogen-bond acceptors (Lipinski definition) is 2. The van der Waals surface area contributed by atoms with Crippen molar-refractivity contribution in [3.63, 3.8) is 0 Å². The molecular weight excluding hydrogens is 370 g/mol. The van der Waals surface area contributed by atoms with Crippen molar-refractivity contribution in [2.24, 2.45) is 0 Å². The lowest BCUT2D eigenvalue weighted by Crippen LogP contribution is -2.10. The molecule has 0 fully saturated rings. The molecule has 0 aliphatic heterocycles. The summed E-state index contributed by atoms with van der Waals surface area (Å²) in [7, 11) is 1.99. The van der Waals surface area contributed by atoms with E-state index in [1.165, 1.54) is 0 Å². The zero-order valence-corrected chi connectivity index (χ0v) is 14.2. The summed E-state index contributed by atoms with van der Waals surface area (Å²) in [5, 5.41) is 0. The molecule has 0 unspecified atom stereocenters. The molecule has 2 aromatic rings. The summed E-state index contributed by atoms with van der Waals surface area (Å²) in [6.45, 7) is 3.74. The van der Waals surface area contributed by atoms with Gasteiger partial charge in [-0.25, -0.2) is 0 Å². The molecule has 130 valence electrons. The fourth-order valence-corrected chi connectivity index (χ4v) is 4.22. The van der Waals surface area contributed by atoms with E-state index in [1.807, 2.05) is 32.0 Å². The van der Waals surface area contributed by atoms with Crippen LogP contribution >= 0.6 is 21.6 Å². The highest BCUT2D eigenvalue weighted by atomic mass is 33.1. The zero-order valence-electron chi connectivity index (χ0n) is 12.5. The van der Waals surface area contributed by atoms with Gasteiger partial charge in [0, 0.05) is 9.79 Å². The summed E-state index contributed by atoms with van der Waals surface area (Å²) in [5.41, 5.74) is -0.669. The van der Waals surface area contributed by atoms with Crippen LogP contribution in [-0.4, -0.2) is 0 Å². The SMILES string of the molecule is Cc1cc(C)cc(SSc2cc(C(F)(F)F)cc(C(F)(F)F)c2)c1. The molecular formula is C16H12F6S2. The molecule has 0 nitrogen and oxygen atoms in total. The number of rotatable bonds is 3. The fourth-order valence-electron chi connectivity index (χ4n) is 2.05. The Bertz CT molecular complexity index is 682. The van der Waals surface area contributed by atoms with Crippen LogP contribution in [0.3, 0.4) is 0 Å². The van der Waals surface area contributed by atoms with E-state index in [4.69, 9.17) is 0 Å². The molecule has 2 rings (SSSR count). The van der Waals surface area contributed by atoms with E-state index in [-0.39, 0.29) is 11.0 Å². The van der Waals surface area contributed by atoms with Gasteiger partial charge in [-0.05, 0) is 55.3 Å². The Balaban J connectivity index is 2.32. The first-order chi connectivity index (χ1) is 10.9. The molecule has 0 aromatic heterocycles. The fraction of sp³-hybridized carbons (Fsp3) is 0.250. The van der Waals surface area contributed by atoms with Crippen molar-refractivity contribution in [3.8, 4) is 0 Å². The monoisotopic (exact) mass is 382 g/mol. The van der Waals surface area contributed by atoms with Gasteiger partial charge >= 0.3 is 12.4 Å². The van der Waals surface area contributed by atoms with E-state index < -0.39 is 23.5 Å². The van der Waals surface area contributed by atoms with E-state index in [9.17, 15) is 26.3 Å². The summed E-state index contributed by atoms with van der Waals surface area (Å²) < 4.78 is 76.9. The second-order valence-electron chi connectivity index (χ2n) is 5.23. The Kier molecular flexibility index (Phi) is 5.49. The maximum absolute atomic E-state index is 12.8. The Hall–Kier alpha value is -1.28. The smallest absolute Gasteiger partial charge is 0.166 e. The largest absolute Gasteiger partial charge is 0.416 e. The van der Waals surface area contributed by atoms with Gasteiger partial charge in [0.1, 0.15) is 0 Å². The van der Waals surface area contributed by atoms with E-state index in [2.05, 4.69) is 0 Å². The number of hydrogen-bond donors (Lipinski definition) is 0. The molecule has 2 aromatic carbocycles. The van der Waals surface area contributed by atoms with Crippen LogP contribution in [0.15, 0.2) is 46.2 Å². The summed E-state index contributed by atoms with van der Waals surface area (Å²) in [5.74, 6) is 0. The lowest BCUT2D eigenvalue weighted by atomic mass is 10.1. The van der Waals surface area contributed by atoms with Crippen molar-refractivity contribution in [2.75, 3.05) is 0 Å². The van der Waals surface area contributed by atoms with Crippen LogP contribution in [0.2, 0.25) is 0 Å². The Morgan fingerprint density at radius 3 is 1.33 bits per heavy atom. The molecule has 0 aliphatic carbocycles. The maximum atomic E-state index is 12.8. The van der Waals surface area contributed by atoms with Crippen LogP contribution in [0.4, 0.5) is 26.3 Å². The van der Waals surface area contributed by atoms with Crippen molar-refractivity contribution < 1.29 is 26.3 Å². The van der Waals surface area contributed by atoms with Crippen molar-refractivity contribution in [1.29, 1.82) is 0 Å². The highest BCUT2D eigenvalue weighted by molar-refractivity contribution is 8.76. The molecule has 0 heterocycles. The molecule has 0 saturated heterocycles. The van der Waals surface area contributed by atoms with Gasteiger partial charge < -0.3 is 0 Å². The third kappa shape index (κ3) is 5.11. The van der Waals surface area contributed by atoms with Crippen LogP contribution in [0.25, 0.3) is 0 Å². The Labute approximate surface area is 143 Å². The van der Waals surface area contributed by atoms with Crippen molar-refractivity contribution in [2.45, 2.75) is 36.0 Å². The van der Waals surface area contributed by atoms with E-state index in [0.29, 0.717) is 0 Å².